The number of furan rings is 1. The summed E-state index contributed by atoms with van der Waals surface area (Å²) in [5.74, 6) is 0. The van der Waals surface area contributed by atoms with E-state index in [9.17, 15) is 0 Å². The molecule has 3 heteroatoms. The van der Waals surface area contributed by atoms with Crippen molar-refractivity contribution in [2.24, 2.45) is 5.73 Å². The molecule has 0 atom stereocenters. The average Bonchev–Trinajstić information content (AvgIpc) is 3.38. The van der Waals surface area contributed by atoms with Crippen LogP contribution in [-0.4, -0.2) is 5.71 Å². The van der Waals surface area contributed by atoms with E-state index in [1.165, 1.54) is 33.5 Å². The third-order valence-electron chi connectivity index (χ3n) is 7.65. The van der Waals surface area contributed by atoms with Gasteiger partial charge >= 0.3 is 0 Å². The van der Waals surface area contributed by atoms with Crippen molar-refractivity contribution in [3.63, 3.8) is 0 Å². The zero-order chi connectivity index (χ0) is 27.1. The van der Waals surface area contributed by atoms with E-state index in [0.29, 0.717) is 6.54 Å². The topological polar surface area (TPSA) is 42.2 Å². The fourth-order valence-corrected chi connectivity index (χ4v) is 5.75. The Bertz CT molecular complexity index is 1980. The van der Waals surface area contributed by atoms with Gasteiger partial charge in [0.2, 0.25) is 17.1 Å². The molecule has 5 aromatic carbocycles. The third-order valence-corrected chi connectivity index (χ3v) is 7.65. The molecular weight excluding hydrogens is 488 g/mol. The second-order valence-corrected chi connectivity index (χ2v) is 10.1. The summed E-state index contributed by atoms with van der Waals surface area (Å²) in [5.41, 5.74) is 18.4. The van der Waals surface area contributed by atoms with Gasteiger partial charge < -0.3 is 10.2 Å². The Kier molecular flexibility index (Phi) is 5.99. The number of rotatable bonds is 6. The molecule has 0 aliphatic carbocycles. The predicted octanol–water partition coefficient (Wildman–Crippen LogP) is 9.01. The molecule has 1 aliphatic heterocycles. The highest BCUT2D eigenvalue weighted by Crippen LogP contribution is 2.40. The van der Waals surface area contributed by atoms with Gasteiger partial charge in [-0.3, -0.25) is 0 Å². The average molecular weight is 518 g/mol. The van der Waals surface area contributed by atoms with Gasteiger partial charge in [0.05, 0.1) is 0 Å². The minimum atomic E-state index is 0.467. The lowest BCUT2D eigenvalue weighted by atomic mass is 9.91. The van der Waals surface area contributed by atoms with Gasteiger partial charge in [-0.15, -0.1) is 0 Å². The summed E-state index contributed by atoms with van der Waals surface area (Å²) in [5, 5.41) is 2.18. The summed E-state index contributed by atoms with van der Waals surface area (Å²) < 4.78 is 8.54. The van der Waals surface area contributed by atoms with Crippen molar-refractivity contribution >= 4 is 44.6 Å². The number of nitrogens with two attached hydrogens (primary N) is 1. The minimum absolute atomic E-state index is 0.467. The number of allylic oxidation sites excluding steroid dienone is 4. The molecule has 2 heterocycles. The van der Waals surface area contributed by atoms with Gasteiger partial charge in [-0.2, -0.15) is 4.58 Å². The molecule has 2 N–H and O–H groups in total. The lowest BCUT2D eigenvalue weighted by Gasteiger charge is -2.20. The van der Waals surface area contributed by atoms with Gasteiger partial charge in [-0.1, -0.05) is 84.9 Å². The van der Waals surface area contributed by atoms with Crippen LogP contribution in [0.2, 0.25) is 0 Å². The van der Waals surface area contributed by atoms with E-state index in [-0.39, 0.29) is 0 Å². The summed E-state index contributed by atoms with van der Waals surface area (Å²) in [4.78, 5) is 0. The van der Waals surface area contributed by atoms with Crippen LogP contribution in [0.4, 0.5) is 11.4 Å². The molecule has 0 unspecified atom stereocenters. The van der Waals surface area contributed by atoms with E-state index in [1.54, 1.807) is 0 Å². The quantitative estimate of drug-likeness (QED) is 0.177. The first kappa shape index (κ1) is 24.1. The molecule has 0 fully saturated rings. The lowest BCUT2D eigenvalue weighted by molar-refractivity contribution is 0.668. The van der Waals surface area contributed by atoms with Crippen molar-refractivity contribution in [1.82, 2.24) is 4.58 Å². The van der Waals surface area contributed by atoms with E-state index >= 15 is 0 Å². The summed E-state index contributed by atoms with van der Waals surface area (Å²) in [7, 11) is 0. The van der Waals surface area contributed by atoms with Crippen LogP contribution in [0.1, 0.15) is 23.6 Å². The van der Waals surface area contributed by atoms with Crippen LogP contribution in [0, 0.1) is 0 Å². The molecule has 0 saturated carbocycles. The Labute approximate surface area is 233 Å². The Morgan fingerprint density at radius 3 is 2.35 bits per heavy atom. The van der Waals surface area contributed by atoms with Crippen molar-refractivity contribution in [3.05, 3.63) is 150 Å². The Morgan fingerprint density at radius 1 is 0.775 bits per heavy atom. The molecule has 0 radical (unpaired) electrons. The summed E-state index contributed by atoms with van der Waals surface area (Å²) in [6.45, 7) is 2.53. The van der Waals surface area contributed by atoms with Crippen LogP contribution in [-0.2, 0) is 6.54 Å². The van der Waals surface area contributed by atoms with Crippen LogP contribution in [0.5, 0.6) is 0 Å². The molecular formula is C37H29N2O+. The molecule has 0 spiro atoms. The second-order valence-electron chi connectivity index (χ2n) is 10.1. The summed E-state index contributed by atoms with van der Waals surface area (Å²) in [6, 6.07) is 40.4. The molecule has 192 valence electrons. The van der Waals surface area contributed by atoms with E-state index in [2.05, 4.69) is 133 Å². The van der Waals surface area contributed by atoms with Gasteiger partial charge in [0.15, 0.2) is 0 Å². The number of hydrogen-bond acceptors (Lipinski definition) is 2. The highest BCUT2D eigenvalue weighted by atomic mass is 16.3. The Balaban J connectivity index is 1.45. The van der Waals surface area contributed by atoms with Crippen LogP contribution >= 0.6 is 0 Å². The molecule has 7 rings (SSSR count). The van der Waals surface area contributed by atoms with E-state index in [0.717, 1.165) is 38.9 Å². The van der Waals surface area contributed by atoms with Crippen molar-refractivity contribution in [2.75, 3.05) is 0 Å². The van der Waals surface area contributed by atoms with E-state index < -0.39 is 0 Å². The highest BCUT2D eigenvalue weighted by molar-refractivity contribution is 6.24. The maximum atomic E-state index is 6.19. The normalized spacial score (nSPS) is 13.3. The van der Waals surface area contributed by atoms with Gasteiger partial charge in [0, 0.05) is 41.6 Å². The monoisotopic (exact) mass is 517 g/mol. The second kappa shape index (κ2) is 9.96. The van der Waals surface area contributed by atoms with Crippen LogP contribution in [0.3, 0.4) is 0 Å². The van der Waals surface area contributed by atoms with Gasteiger partial charge in [0.1, 0.15) is 16.7 Å². The molecule has 1 aliphatic rings. The Morgan fingerprint density at radius 2 is 1.57 bits per heavy atom. The largest absolute Gasteiger partial charge is 0.456 e. The molecule has 0 saturated heterocycles. The van der Waals surface area contributed by atoms with Crippen molar-refractivity contribution in [3.8, 4) is 11.1 Å². The minimum Gasteiger partial charge on any atom is -0.456 e. The first-order valence-corrected chi connectivity index (χ1v) is 13.7. The van der Waals surface area contributed by atoms with Crippen LogP contribution < -0.4 is 10.3 Å². The number of hydrogen-bond donors (Lipinski definition) is 1. The zero-order valence-electron chi connectivity index (χ0n) is 22.3. The van der Waals surface area contributed by atoms with Gasteiger partial charge in [0.25, 0.3) is 0 Å². The molecule has 1 aromatic heterocycles. The maximum absolute atomic E-state index is 6.19. The summed E-state index contributed by atoms with van der Waals surface area (Å²) >= 11 is 0. The zero-order valence-corrected chi connectivity index (χ0v) is 22.3. The van der Waals surface area contributed by atoms with E-state index in [4.69, 9.17) is 10.2 Å². The first-order valence-electron chi connectivity index (χ1n) is 13.7. The van der Waals surface area contributed by atoms with Crippen molar-refractivity contribution in [1.29, 1.82) is 0 Å². The van der Waals surface area contributed by atoms with Crippen molar-refractivity contribution in [2.45, 2.75) is 13.5 Å². The fraction of sp³-hybridized carbons (Fsp3) is 0.0541. The molecule has 0 amide bonds. The summed E-state index contributed by atoms with van der Waals surface area (Å²) in [6.07, 6.45) is 6.58. The first-order chi connectivity index (χ1) is 19.7. The standard InChI is InChI=1S/C37H29N2O/c1-2-10-27(25-11-5-3-6-12-25)22-34-31-21-28(26-13-7-4-8-14-26)17-19-33(31)39(34)30-18-20-35-32(23-30)37-29(24-38)15-9-16-36(37)40-35/h2-23H,24,38H2,1H3/q+1/b10-2-,27-22+. The lowest BCUT2D eigenvalue weighted by Crippen LogP contribution is -2.27. The third kappa shape index (κ3) is 4.00. The molecule has 40 heavy (non-hydrogen) atoms. The van der Waals surface area contributed by atoms with Gasteiger partial charge in [-0.25, -0.2) is 0 Å². The maximum Gasteiger partial charge on any atom is 0.226 e. The predicted molar refractivity (Wildman–Crippen MR) is 168 cm³/mol. The molecule has 3 nitrogen and oxygen atoms in total. The number of benzene rings is 5. The fourth-order valence-electron chi connectivity index (χ4n) is 5.75. The van der Waals surface area contributed by atoms with Crippen LogP contribution in [0.25, 0.3) is 38.6 Å². The number of fused-ring (bicyclic) bond motifs is 4. The highest BCUT2D eigenvalue weighted by Gasteiger charge is 2.37. The SMILES string of the molecule is C/C=C\C(=C/C1=[N+](c2ccc3oc4cccc(CN)c4c3c2)c2ccc(-c3ccccc3)cc21)c1ccccc1. The Hall–Kier alpha value is -4.99. The van der Waals surface area contributed by atoms with Crippen LogP contribution in [0.15, 0.2) is 138 Å². The number of nitrogens with zero attached hydrogens (tertiary/aromatic N) is 1. The van der Waals surface area contributed by atoms with Crippen molar-refractivity contribution < 1.29 is 4.42 Å². The molecule has 6 aromatic rings. The van der Waals surface area contributed by atoms with E-state index in [1.807, 2.05) is 12.1 Å². The smallest absolute Gasteiger partial charge is 0.226 e. The molecule has 0 bridgehead atoms. The van der Waals surface area contributed by atoms with Gasteiger partial charge in [-0.05, 0) is 59.0 Å².